The molecule has 1 saturated heterocycles. The molecule has 21 heavy (non-hydrogen) atoms. The molecule has 0 bridgehead atoms. The molecule has 8 nitrogen and oxygen atoms in total. The van der Waals surface area contributed by atoms with E-state index < -0.39 is 10.2 Å². The van der Waals surface area contributed by atoms with Gasteiger partial charge in [0, 0.05) is 31.9 Å². The van der Waals surface area contributed by atoms with E-state index in [-0.39, 0.29) is 32.2 Å². The van der Waals surface area contributed by atoms with Gasteiger partial charge >= 0.3 is 6.03 Å². The van der Waals surface area contributed by atoms with Crippen LogP contribution in [0.25, 0.3) is 0 Å². The second-order valence-corrected chi connectivity index (χ2v) is 6.10. The van der Waals surface area contributed by atoms with Gasteiger partial charge in [-0.25, -0.2) is 9.93 Å². The van der Waals surface area contributed by atoms with Crippen LogP contribution in [-0.4, -0.2) is 49.8 Å². The highest BCUT2D eigenvalue weighted by Gasteiger charge is 2.26. The Morgan fingerprint density at radius 1 is 1.19 bits per heavy atom. The number of nitrogens with two attached hydrogens (primary N) is 1. The number of nitriles is 1. The third-order valence-corrected chi connectivity index (χ3v) is 4.24. The lowest BCUT2D eigenvalue weighted by molar-refractivity contribution is 0.184. The van der Waals surface area contributed by atoms with E-state index in [9.17, 15) is 13.2 Å². The smallest absolute Gasteiger partial charge is 0.321 e. The predicted octanol–water partition coefficient (Wildman–Crippen LogP) is -0.0887. The fourth-order valence-corrected chi connectivity index (χ4v) is 2.65. The molecule has 2 rings (SSSR count). The lowest BCUT2D eigenvalue weighted by Gasteiger charge is -2.32. The summed E-state index contributed by atoms with van der Waals surface area (Å²) < 4.78 is 23.5. The number of amides is 2. The molecule has 0 aromatic heterocycles. The number of nitrogens with one attached hydrogen (secondary N) is 1. The van der Waals surface area contributed by atoms with E-state index in [0.29, 0.717) is 11.3 Å². The van der Waals surface area contributed by atoms with Crippen molar-refractivity contribution in [2.24, 2.45) is 5.14 Å². The number of carbonyl (C=O) groups is 1. The van der Waals surface area contributed by atoms with E-state index in [1.165, 1.54) is 4.90 Å². The molecule has 112 valence electrons. The molecule has 1 aliphatic rings. The number of benzene rings is 1. The molecule has 0 spiro atoms. The molecule has 1 aromatic carbocycles. The van der Waals surface area contributed by atoms with Gasteiger partial charge in [-0.3, -0.25) is 0 Å². The van der Waals surface area contributed by atoms with Crippen LogP contribution in [0.4, 0.5) is 10.5 Å². The van der Waals surface area contributed by atoms with Crippen LogP contribution < -0.4 is 10.5 Å². The molecule has 0 aliphatic carbocycles. The molecular formula is C12H15N5O3S. The molecule has 0 unspecified atom stereocenters. The number of piperazine rings is 1. The van der Waals surface area contributed by atoms with Gasteiger partial charge in [0.25, 0.3) is 10.2 Å². The predicted molar refractivity (Wildman–Crippen MR) is 76.4 cm³/mol. The molecule has 0 atom stereocenters. The highest BCUT2D eigenvalue weighted by molar-refractivity contribution is 7.86. The van der Waals surface area contributed by atoms with Crippen molar-refractivity contribution in [2.45, 2.75) is 0 Å². The van der Waals surface area contributed by atoms with Crippen molar-refractivity contribution >= 4 is 21.9 Å². The monoisotopic (exact) mass is 309 g/mol. The lowest BCUT2D eigenvalue weighted by atomic mass is 10.2. The first kappa shape index (κ1) is 15.2. The summed E-state index contributed by atoms with van der Waals surface area (Å²) in [6, 6.07) is 8.16. The van der Waals surface area contributed by atoms with Gasteiger partial charge in [-0.2, -0.15) is 18.0 Å². The minimum absolute atomic E-state index is 0.180. The number of rotatable bonds is 2. The molecule has 1 fully saturated rings. The molecule has 1 aliphatic heterocycles. The Bertz CT molecular complexity index is 657. The third kappa shape index (κ3) is 3.91. The maximum absolute atomic E-state index is 12.0. The number of carbonyl (C=O) groups excluding carboxylic acids is 1. The van der Waals surface area contributed by atoms with Crippen LogP contribution in [0.3, 0.4) is 0 Å². The highest BCUT2D eigenvalue weighted by Crippen LogP contribution is 2.11. The summed E-state index contributed by atoms with van der Waals surface area (Å²) in [5.41, 5.74) is 1.09. The number of urea groups is 1. The van der Waals surface area contributed by atoms with E-state index in [4.69, 9.17) is 10.4 Å². The maximum atomic E-state index is 12.0. The van der Waals surface area contributed by atoms with Crippen LogP contribution in [0.15, 0.2) is 24.3 Å². The molecule has 9 heteroatoms. The zero-order chi connectivity index (χ0) is 15.5. The number of hydrogen-bond acceptors (Lipinski definition) is 4. The van der Waals surface area contributed by atoms with Gasteiger partial charge in [0.2, 0.25) is 0 Å². The average Bonchev–Trinajstić information content (AvgIpc) is 2.47. The van der Waals surface area contributed by atoms with Gasteiger partial charge in [-0.05, 0) is 24.3 Å². The minimum atomic E-state index is -3.70. The van der Waals surface area contributed by atoms with Gasteiger partial charge in [-0.15, -0.1) is 0 Å². The first-order valence-corrected chi connectivity index (χ1v) is 7.74. The maximum Gasteiger partial charge on any atom is 0.321 e. The summed E-state index contributed by atoms with van der Waals surface area (Å²) in [7, 11) is -3.70. The normalized spacial score (nSPS) is 16.3. The Morgan fingerprint density at radius 3 is 2.24 bits per heavy atom. The van der Waals surface area contributed by atoms with Crippen molar-refractivity contribution in [1.29, 1.82) is 5.26 Å². The summed E-state index contributed by atoms with van der Waals surface area (Å²) >= 11 is 0. The molecule has 1 aromatic rings. The summed E-state index contributed by atoms with van der Waals surface area (Å²) in [6.45, 7) is 0.913. The third-order valence-electron chi connectivity index (χ3n) is 3.15. The van der Waals surface area contributed by atoms with Gasteiger partial charge in [0.15, 0.2) is 0 Å². The highest BCUT2D eigenvalue weighted by atomic mass is 32.2. The van der Waals surface area contributed by atoms with E-state index in [1.807, 2.05) is 6.07 Å². The van der Waals surface area contributed by atoms with Crippen molar-refractivity contribution in [3.05, 3.63) is 29.8 Å². The van der Waals surface area contributed by atoms with Crippen LogP contribution in [-0.2, 0) is 10.2 Å². The Kier molecular flexibility index (Phi) is 4.42. The van der Waals surface area contributed by atoms with Crippen molar-refractivity contribution in [1.82, 2.24) is 9.21 Å². The average molecular weight is 309 g/mol. The lowest BCUT2D eigenvalue weighted by Crippen LogP contribution is -2.53. The number of hydrogen-bond donors (Lipinski definition) is 2. The van der Waals surface area contributed by atoms with Gasteiger partial charge < -0.3 is 10.2 Å². The van der Waals surface area contributed by atoms with Crippen molar-refractivity contribution < 1.29 is 13.2 Å². The largest absolute Gasteiger partial charge is 0.322 e. The molecule has 2 amide bonds. The second-order valence-electron chi connectivity index (χ2n) is 4.55. The van der Waals surface area contributed by atoms with Crippen LogP contribution in [0, 0.1) is 11.3 Å². The Hall–Kier alpha value is -2.15. The van der Waals surface area contributed by atoms with Crippen LogP contribution >= 0.6 is 0 Å². The fraction of sp³-hybridized carbons (Fsp3) is 0.333. The Morgan fingerprint density at radius 2 is 1.76 bits per heavy atom. The van der Waals surface area contributed by atoms with E-state index in [0.717, 1.165) is 4.31 Å². The van der Waals surface area contributed by atoms with Crippen LogP contribution in [0.2, 0.25) is 0 Å². The molecule has 0 radical (unpaired) electrons. The summed E-state index contributed by atoms with van der Waals surface area (Å²) in [6.07, 6.45) is 0. The van der Waals surface area contributed by atoms with Crippen molar-refractivity contribution in [2.75, 3.05) is 31.5 Å². The standard InChI is InChI=1S/C12H15N5O3S/c13-9-10-1-3-11(4-2-10)15-12(18)16-5-7-17(8-6-16)21(14,19)20/h1-4H,5-8H2,(H,15,18)(H2,14,19,20). The van der Waals surface area contributed by atoms with Gasteiger partial charge in [-0.1, -0.05) is 0 Å². The molecular weight excluding hydrogens is 294 g/mol. The number of anilines is 1. The van der Waals surface area contributed by atoms with Crippen molar-refractivity contribution in [3.63, 3.8) is 0 Å². The zero-order valence-electron chi connectivity index (χ0n) is 11.2. The summed E-state index contributed by atoms with van der Waals surface area (Å²) in [5.74, 6) is 0. The zero-order valence-corrected chi connectivity index (χ0v) is 12.0. The Balaban J connectivity index is 1.91. The van der Waals surface area contributed by atoms with Gasteiger partial charge in [0.1, 0.15) is 0 Å². The second kappa shape index (κ2) is 6.09. The van der Waals surface area contributed by atoms with E-state index >= 15 is 0 Å². The SMILES string of the molecule is N#Cc1ccc(NC(=O)N2CCN(S(N)(=O)=O)CC2)cc1. The van der Waals surface area contributed by atoms with Gasteiger partial charge in [0.05, 0.1) is 11.6 Å². The summed E-state index contributed by atoms with van der Waals surface area (Å²) in [4.78, 5) is 13.5. The topological polar surface area (TPSA) is 120 Å². The van der Waals surface area contributed by atoms with E-state index in [2.05, 4.69) is 5.32 Å². The van der Waals surface area contributed by atoms with Crippen molar-refractivity contribution in [3.8, 4) is 6.07 Å². The molecule has 0 saturated carbocycles. The Labute approximate surface area is 122 Å². The first-order valence-electron chi connectivity index (χ1n) is 6.24. The quantitative estimate of drug-likeness (QED) is 0.793. The number of nitrogens with zero attached hydrogens (tertiary/aromatic N) is 3. The fourth-order valence-electron chi connectivity index (χ4n) is 1.98. The molecule has 1 heterocycles. The minimum Gasteiger partial charge on any atom is -0.322 e. The summed E-state index contributed by atoms with van der Waals surface area (Å²) in [5, 5.41) is 16.4. The van der Waals surface area contributed by atoms with Crippen LogP contribution in [0.5, 0.6) is 0 Å². The molecule has 3 N–H and O–H groups in total. The van der Waals surface area contributed by atoms with E-state index in [1.54, 1.807) is 24.3 Å². The first-order chi connectivity index (χ1) is 9.90. The van der Waals surface area contributed by atoms with Crippen LogP contribution in [0.1, 0.15) is 5.56 Å².